The Kier molecular flexibility index (Phi) is 3.16. The summed E-state index contributed by atoms with van der Waals surface area (Å²) >= 11 is 0. The van der Waals surface area contributed by atoms with E-state index in [1.807, 2.05) is 0 Å². The maximum atomic E-state index is 13.7. The molecule has 0 aliphatic rings. The molecule has 0 spiro atoms. The Hall–Kier alpha value is -1.79. The summed E-state index contributed by atoms with van der Waals surface area (Å²) in [6.45, 7) is 0. The molecule has 0 saturated heterocycles. The molecule has 3 N–H and O–H groups in total. The molecule has 1 unspecified atom stereocenters. The maximum absolute atomic E-state index is 13.7. The summed E-state index contributed by atoms with van der Waals surface area (Å²) < 4.78 is 28.5. The van der Waals surface area contributed by atoms with E-state index in [4.69, 9.17) is 5.84 Å². The summed E-state index contributed by atoms with van der Waals surface area (Å²) in [4.78, 5) is 3.92. The molecule has 0 saturated carbocycles. The van der Waals surface area contributed by atoms with Gasteiger partial charge in [-0.25, -0.2) is 19.2 Å². The first-order valence-corrected chi connectivity index (χ1v) is 5.01. The Morgan fingerprint density at radius 1 is 1.41 bits per heavy atom. The second kappa shape index (κ2) is 4.60. The first-order chi connectivity index (χ1) is 8.15. The van der Waals surface area contributed by atoms with Crippen LogP contribution < -0.4 is 11.3 Å². The van der Waals surface area contributed by atoms with Gasteiger partial charge in [0.15, 0.2) is 11.6 Å². The SMILES string of the molecule is Cn1cncc1C(NN)c1cccc(F)c1F. The van der Waals surface area contributed by atoms with E-state index in [1.165, 1.54) is 12.1 Å². The fraction of sp³-hybridized carbons (Fsp3) is 0.182. The monoisotopic (exact) mass is 238 g/mol. The number of imidazole rings is 1. The van der Waals surface area contributed by atoms with Crippen molar-refractivity contribution < 1.29 is 8.78 Å². The number of rotatable bonds is 3. The van der Waals surface area contributed by atoms with Crippen LogP contribution >= 0.6 is 0 Å². The number of aryl methyl sites for hydroxylation is 1. The van der Waals surface area contributed by atoms with E-state index >= 15 is 0 Å². The molecule has 6 heteroatoms. The fourth-order valence-corrected chi connectivity index (χ4v) is 1.72. The number of hydrogen-bond acceptors (Lipinski definition) is 3. The molecule has 0 fully saturated rings. The molecule has 0 radical (unpaired) electrons. The Morgan fingerprint density at radius 3 is 2.76 bits per heavy atom. The lowest BCUT2D eigenvalue weighted by Gasteiger charge is -2.17. The first kappa shape index (κ1) is 11.7. The number of aromatic nitrogens is 2. The lowest BCUT2D eigenvalue weighted by molar-refractivity contribution is 0.478. The van der Waals surface area contributed by atoms with Crippen LogP contribution in [-0.2, 0) is 7.05 Å². The van der Waals surface area contributed by atoms with Crippen molar-refractivity contribution in [3.05, 3.63) is 53.6 Å². The van der Waals surface area contributed by atoms with Crippen LogP contribution in [0.3, 0.4) is 0 Å². The summed E-state index contributed by atoms with van der Waals surface area (Å²) in [6, 6.07) is 3.35. The van der Waals surface area contributed by atoms with Crippen molar-refractivity contribution >= 4 is 0 Å². The van der Waals surface area contributed by atoms with Crippen molar-refractivity contribution in [3.63, 3.8) is 0 Å². The average Bonchev–Trinajstić information content (AvgIpc) is 2.72. The predicted molar refractivity (Wildman–Crippen MR) is 58.7 cm³/mol. The van der Waals surface area contributed by atoms with E-state index in [-0.39, 0.29) is 5.56 Å². The highest BCUT2D eigenvalue weighted by molar-refractivity contribution is 5.29. The van der Waals surface area contributed by atoms with Crippen LogP contribution in [0.1, 0.15) is 17.3 Å². The van der Waals surface area contributed by atoms with Gasteiger partial charge in [0.2, 0.25) is 0 Å². The van der Waals surface area contributed by atoms with Gasteiger partial charge in [-0.15, -0.1) is 0 Å². The molecule has 1 atom stereocenters. The van der Waals surface area contributed by atoms with Gasteiger partial charge in [0.25, 0.3) is 0 Å². The van der Waals surface area contributed by atoms with Crippen molar-refractivity contribution in [2.75, 3.05) is 0 Å². The Labute approximate surface area is 97.0 Å². The van der Waals surface area contributed by atoms with E-state index in [0.29, 0.717) is 5.69 Å². The lowest BCUT2D eigenvalue weighted by atomic mass is 10.0. The fourth-order valence-electron chi connectivity index (χ4n) is 1.72. The van der Waals surface area contributed by atoms with Gasteiger partial charge < -0.3 is 4.57 Å². The van der Waals surface area contributed by atoms with Crippen LogP contribution in [0.5, 0.6) is 0 Å². The summed E-state index contributed by atoms with van der Waals surface area (Å²) in [6.07, 6.45) is 3.12. The minimum Gasteiger partial charge on any atom is -0.336 e. The van der Waals surface area contributed by atoms with Crippen LogP contribution in [0.4, 0.5) is 8.78 Å². The van der Waals surface area contributed by atoms with E-state index < -0.39 is 17.7 Å². The van der Waals surface area contributed by atoms with Gasteiger partial charge in [0.1, 0.15) is 0 Å². The standard InChI is InChI=1S/C11H12F2N4/c1-17-6-15-5-9(17)11(16-14)7-3-2-4-8(12)10(7)13/h2-6,11,16H,14H2,1H3. The normalized spacial score (nSPS) is 12.7. The van der Waals surface area contributed by atoms with Crippen molar-refractivity contribution in [3.8, 4) is 0 Å². The van der Waals surface area contributed by atoms with Gasteiger partial charge in [-0.2, -0.15) is 0 Å². The second-order valence-electron chi connectivity index (χ2n) is 3.67. The number of halogens is 2. The zero-order valence-electron chi connectivity index (χ0n) is 9.19. The minimum absolute atomic E-state index is 0.149. The van der Waals surface area contributed by atoms with E-state index in [1.54, 1.807) is 24.1 Å². The first-order valence-electron chi connectivity index (χ1n) is 5.01. The van der Waals surface area contributed by atoms with E-state index in [9.17, 15) is 8.78 Å². The molecule has 1 heterocycles. The third kappa shape index (κ3) is 2.04. The second-order valence-corrected chi connectivity index (χ2v) is 3.67. The molecule has 0 aliphatic heterocycles. The average molecular weight is 238 g/mol. The number of benzene rings is 1. The summed E-state index contributed by atoms with van der Waals surface area (Å²) in [5.74, 6) is 3.60. The van der Waals surface area contributed by atoms with E-state index in [0.717, 1.165) is 6.07 Å². The van der Waals surface area contributed by atoms with Crippen LogP contribution in [0.2, 0.25) is 0 Å². The van der Waals surface area contributed by atoms with Gasteiger partial charge in [-0.3, -0.25) is 5.84 Å². The molecular formula is C11H12F2N4. The Balaban J connectivity index is 2.50. The molecule has 4 nitrogen and oxygen atoms in total. The number of nitrogens with two attached hydrogens (primary N) is 1. The zero-order valence-corrected chi connectivity index (χ0v) is 9.19. The van der Waals surface area contributed by atoms with Gasteiger partial charge in [0.05, 0.1) is 24.3 Å². The van der Waals surface area contributed by atoms with Gasteiger partial charge in [0, 0.05) is 12.6 Å². The van der Waals surface area contributed by atoms with Gasteiger partial charge in [-0.05, 0) is 6.07 Å². The molecule has 17 heavy (non-hydrogen) atoms. The number of nitrogens with one attached hydrogen (secondary N) is 1. The Bertz CT molecular complexity index is 524. The lowest BCUT2D eigenvalue weighted by Crippen LogP contribution is -2.31. The predicted octanol–water partition coefficient (Wildman–Crippen LogP) is 1.25. The van der Waals surface area contributed by atoms with Crippen molar-refractivity contribution in [1.29, 1.82) is 0 Å². The molecule has 0 amide bonds. The van der Waals surface area contributed by atoms with Gasteiger partial charge >= 0.3 is 0 Å². The van der Waals surface area contributed by atoms with Crippen molar-refractivity contribution in [2.24, 2.45) is 12.9 Å². The van der Waals surface area contributed by atoms with Gasteiger partial charge in [-0.1, -0.05) is 12.1 Å². The molecule has 2 rings (SSSR count). The van der Waals surface area contributed by atoms with E-state index in [2.05, 4.69) is 10.4 Å². The minimum atomic E-state index is -0.906. The third-order valence-corrected chi connectivity index (χ3v) is 2.61. The largest absolute Gasteiger partial charge is 0.336 e. The smallest absolute Gasteiger partial charge is 0.164 e. The highest BCUT2D eigenvalue weighted by Gasteiger charge is 2.20. The van der Waals surface area contributed by atoms with Crippen molar-refractivity contribution in [1.82, 2.24) is 15.0 Å². The highest BCUT2D eigenvalue weighted by Crippen LogP contribution is 2.24. The van der Waals surface area contributed by atoms with Crippen LogP contribution in [0.25, 0.3) is 0 Å². The summed E-state index contributed by atoms with van der Waals surface area (Å²) in [5, 5.41) is 0. The molecule has 90 valence electrons. The van der Waals surface area contributed by atoms with Crippen molar-refractivity contribution in [2.45, 2.75) is 6.04 Å². The summed E-state index contributed by atoms with van der Waals surface area (Å²) in [7, 11) is 1.75. The topological polar surface area (TPSA) is 55.9 Å². The molecule has 0 aliphatic carbocycles. The molecule has 0 bridgehead atoms. The molecule has 1 aromatic carbocycles. The third-order valence-electron chi connectivity index (χ3n) is 2.61. The quantitative estimate of drug-likeness (QED) is 0.625. The van der Waals surface area contributed by atoms with Crippen LogP contribution in [0.15, 0.2) is 30.7 Å². The number of hydrazine groups is 1. The zero-order chi connectivity index (χ0) is 12.4. The highest BCUT2D eigenvalue weighted by atomic mass is 19.2. The van der Waals surface area contributed by atoms with Crippen LogP contribution in [-0.4, -0.2) is 9.55 Å². The van der Waals surface area contributed by atoms with Crippen LogP contribution in [0, 0.1) is 11.6 Å². The summed E-state index contributed by atoms with van der Waals surface area (Å²) in [5.41, 5.74) is 3.26. The molecule has 2 aromatic rings. The molecular weight excluding hydrogens is 226 g/mol. The Morgan fingerprint density at radius 2 is 2.18 bits per heavy atom. The number of nitrogens with zero attached hydrogens (tertiary/aromatic N) is 2. The number of hydrogen-bond donors (Lipinski definition) is 2. The molecule has 1 aromatic heterocycles. The maximum Gasteiger partial charge on any atom is 0.164 e.